The van der Waals surface area contributed by atoms with Gasteiger partial charge in [0, 0.05) is 73.6 Å². The molecule has 0 spiro atoms. The lowest BCUT2D eigenvalue weighted by Gasteiger charge is -2.27. The summed E-state index contributed by atoms with van der Waals surface area (Å²) in [6.45, 7) is 14.7. The van der Waals surface area contributed by atoms with E-state index in [0.29, 0.717) is 24.9 Å². The third kappa shape index (κ3) is 21.3. The van der Waals surface area contributed by atoms with Crippen molar-refractivity contribution in [3.63, 3.8) is 0 Å². The van der Waals surface area contributed by atoms with Crippen LogP contribution in [0, 0.1) is 11.8 Å². The van der Waals surface area contributed by atoms with Gasteiger partial charge in [0.1, 0.15) is 0 Å². The van der Waals surface area contributed by atoms with Gasteiger partial charge in [-0.3, -0.25) is 9.59 Å². The summed E-state index contributed by atoms with van der Waals surface area (Å²) in [6, 6.07) is 22.4. The molecule has 4 aromatic heterocycles. The van der Waals surface area contributed by atoms with Crippen molar-refractivity contribution in [2.45, 2.75) is 316 Å². The summed E-state index contributed by atoms with van der Waals surface area (Å²) in [4.78, 5) is 45.5. The molecule has 3 unspecified atom stereocenters. The van der Waals surface area contributed by atoms with E-state index >= 15 is 9.59 Å². The number of fused-ring (bicyclic) bond motifs is 3. The fourth-order valence-corrected chi connectivity index (χ4v) is 18.9. The Kier molecular flexibility index (Phi) is 30.1. The van der Waals surface area contributed by atoms with E-state index in [1.165, 1.54) is 249 Å². The molecule has 4 bridgehead atoms. The molecule has 89 heavy (non-hydrogen) atoms. The van der Waals surface area contributed by atoms with Gasteiger partial charge in [-0.15, -0.1) is 45.3 Å². The molecule has 3 aliphatic heterocycles. The maximum Gasteiger partial charge on any atom is 0.260 e. The zero-order valence-corrected chi connectivity index (χ0v) is 60.1. The Bertz CT molecular complexity index is 3020. The third-order valence-corrected chi connectivity index (χ3v) is 25.5. The molecule has 2 amide bonds. The quantitative estimate of drug-likeness (QED) is 0.0388. The van der Waals surface area contributed by atoms with Gasteiger partial charge in [-0.2, -0.15) is 0 Å². The van der Waals surface area contributed by atoms with Gasteiger partial charge < -0.3 is 21.3 Å². The number of benzene rings is 1. The summed E-state index contributed by atoms with van der Waals surface area (Å²) in [7, 11) is 0. The van der Waals surface area contributed by atoms with Crippen molar-refractivity contribution >= 4 is 79.7 Å². The maximum atomic E-state index is 16.0. The molecule has 7 heterocycles. The van der Waals surface area contributed by atoms with Gasteiger partial charge in [0.2, 0.25) is 0 Å². The minimum atomic E-state index is -0.476. The smallest absolute Gasteiger partial charge is 0.260 e. The second kappa shape index (κ2) is 37.5. The van der Waals surface area contributed by atoms with Crippen LogP contribution in [-0.4, -0.2) is 24.9 Å². The molecule has 0 saturated heterocycles. The Morgan fingerprint density at radius 1 is 0.494 bits per heavy atom. The first-order valence-electron chi connectivity index (χ1n) is 36.9. The highest BCUT2D eigenvalue weighted by atomic mass is 32.1. The predicted molar refractivity (Wildman–Crippen MR) is 393 cm³/mol. The molecule has 492 valence electrons. The van der Waals surface area contributed by atoms with Crippen LogP contribution in [0.2, 0.25) is 0 Å². The largest absolute Gasteiger partial charge is 0.321 e. The fraction of sp³-hybridized carbons (Fsp3) is 0.671. The van der Waals surface area contributed by atoms with Gasteiger partial charge in [0.25, 0.3) is 11.8 Å². The Morgan fingerprint density at radius 2 is 0.910 bits per heavy atom. The number of amides is 2. The van der Waals surface area contributed by atoms with Crippen molar-refractivity contribution in [3.8, 4) is 19.5 Å². The maximum absolute atomic E-state index is 16.0. The van der Waals surface area contributed by atoms with Crippen LogP contribution < -0.4 is 31.7 Å². The number of hydrogen-bond donors (Lipinski definition) is 2. The first-order chi connectivity index (χ1) is 43.3. The van der Waals surface area contributed by atoms with Gasteiger partial charge in [-0.25, -0.2) is 0 Å². The summed E-state index contributed by atoms with van der Waals surface area (Å²) < 4.78 is 0. The van der Waals surface area contributed by atoms with Gasteiger partial charge in [-0.05, 0) is 125 Å². The molecule has 0 radical (unpaired) electrons. The molecule has 1 aromatic carbocycles. The molecule has 0 fully saturated rings. The second-order valence-electron chi connectivity index (χ2n) is 28.6. The van der Waals surface area contributed by atoms with Gasteiger partial charge >= 0.3 is 0 Å². The van der Waals surface area contributed by atoms with Crippen molar-refractivity contribution in [2.75, 3.05) is 22.9 Å². The number of hydrogen-bond acceptors (Lipinski definition) is 8. The van der Waals surface area contributed by atoms with Crippen molar-refractivity contribution in [1.29, 1.82) is 0 Å². The average molecular weight is 1290 g/mol. The number of unbranched alkanes of at least 4 members (excludes halogenated alkanes) is 25. The lowest BCUT2D eigenvalue weighted by atomic mass is 9.92. The Morgan fingerprint density at radius 3 is 1.45 bits per heavy atom. The third-order valence-electron chi connectivity index (χ3n) is 20.1. The Labute approximate surface area is 557 Å². The molecule has 0 saturated carbocycles. The lowest BCUT2D eigenvalue weighted by Crippen LogP contribution is -2.35. The van der Waals surface area contributed by atoms with E-state index in [0.717, 1.165) is 86.1 Å². The minimum Gasteiger partial charge on any atom is -0.321 e. The fourth-order valence-electron chi connectivity index (χ4n) is 14.5. The minimum absolute atomic E-state index is 0.121. The first kappa shape index (κ1) is 71.5. The number of anilines is 2. The monoisotopic (exact) mass is 1280 g/mol. The lowest BCUT2D eigenvalue weighted by molar-refractivity contribution is -0.114. The molecule has 0 aliphatic carbocycles. The number of thiophene rings is 4. The summed E-state index contributed by atoms with van der Waals surface area (Å²) in [6.07, 6.45) is 52.4. The van der Waals surface area contributed by atoms with Crippen LogP contribution in [0.15, 0.2) is 60.7 Å². The van der Waals surface area contributed by atoms with Gasteiger partial charge in [0.05, 0.1) is 22.5 Å². The predicted octanol–water partition coefficient (Wildman–Crippen LogP) is 23.0. The summed E-state index contributed by atoms with van der Waals surface area (Å²) in [5.41, 5.74) is 16.6. The zero-order chi connectivity index (χ0) is 62.9. The van der Waals surface area contributed by atoms with Crippen LogP contribution in [0.1, 0.15) is 324 Å². The van der Waals surface area contributed by atoms with E-state index in [9.17, 15) is 0 Å². The average Bonchev–Trinajstić information content (AvgIpc) is 1.59. The molecular formula is C79H120N4O2S4. The SMILES string of the molecule is CCCCCCCCCCCCC1CCCCCCCCCCC(C)(N)c2ccc(s2)C2=c3cc4c(cc3N(CC(CCCCCCCCCC)CCCCCCCCCCCC)C2=O)=C(c2ccc(-c3ccc(-c5ccc(C(C)(C)N)s5)s3)s2)C(=O)N4C1. The van der Waals surface area contributed by atoms with Crippen molar-refractivity contribution < 1.29 is 9.59 Å². The Balaban J connectivity index is 1.17. The van der Waals surface area contributed by atoms with E-state index in [2.05, 4.69) is 112 Å². The first-order valence-corrected chi connectivity index (χ1v) is 40.1. The van der Waals surface area contributed by atoms with Gasteiger partial charge in [-0.1, -0.05) is 252 Å². The summed E-state index contributed by atoms with van der Waals surface area (Å²) in [5, 5.41) is 1.99. The zero-order valence-electron chi connectivity index (χ0n) is 56.8. The van der Waals surface area contributed by atoms with Crippen LogP contribution in [0.25, 0.3) is 30.7 Å². The number of nitrogens with zero attached hydrogens (tertiary/aromatic N) is 2. The molecule has 10 heteroatoms. The molecule has 3 atom stereocenters. The van der Waals surface area contributed by atoms with Crippen molar-refractivity contribution in [2.24, 2.45) is 23.3 Å². The normalized spacial score (nSPS) is 18.2. The van der Waals surface area contributed by atoms with Crippen LogP contribution in [0.4, 0.5) is 11.4 Å². The highest BCUT2D eigenvalue weighted by molar-refractivity contribution is 7.26. The van der Waals surface area contributed by atoms with Crippen molar-refractivity contribution in [1.82, 2.24) is 0 Å². The molecule has 8 rings (SSSR count). The highest BCUT2D eigenvalue weighted by Gasteiger charge is 2.39. The van der Waals surface area contributed by atoms with Crippen LogP contribution in [0.3, 0.4) is 0 Å². The van der Waals surface area contributed by atoms with E-state index in [-0.39, 0.29) is 17.4 Å². The number of rotatable bonds is 37. The summed E-state index contributed by atoms with van der Waals surface area (Å²) in [5.74, 6) is 1.05. The highest BCUT2D eigenvalue weighted by Crippen LogP contribution is 2.44. The van der Waals surface area contributed by atoms with E-state index in [4.69, 9.17) is 11.5 Å². The van der Waals surface area contributed by atoms with Crippen LogP contribution in [-0.2, 0) is 20.7 Å². The Hall–Kier alpha value is -3.38. The van der Waals surface area contributed by atoms with Crippen LogP contribution in [0.5, 0.6) is 0 Å². The molecule has 3 aliphatic rings. The van der Waals surface area contributed by atoms with E-state index in [1.807, 2.05) is 11.3 Å². The topological polar surface area (TPSA) is 92.7 Å². The molecule has 5 aromatic rings. The summed E-state index contributed by atoms with van der Waals surface area (Å²) >= 11 is 7.08. The molecular weight excluding hydrogens is 1170 g/mol. The second-order valence-corrected chi connectivity index (χ2v) is 32.9. The standard InChI is InChI=1S/C79H120N4O2S4/c1-7-10-13-16-19-22-24-29-34-39-44-60-45-41-36-31-26-27-32-37-42-55-79(6,81)73-54-52-71(89-73)75-63-57-64-62(74(76(84)82(64)58-60)70-50-49-67(87-70)66-47-48-68(86-66)69-51-53-72(88-69)78(4,5)80)56-65(63)83(77(75)85)59-61(43-38-33-28-21-18-15-12-9-3)46-40-35-30-25-23-20-17-14-11-8-2/h47-54,56-57,60-61H,7-46,55,58-59,80-81H2,1-6H3. The number of carbonyl (C=O) groups is 2. The van der Waals surface area contributed by atoms with Gasteiger partial charge in [0.15, 0.2) is 0 Å². The van der Waals surface area contributed by atoms with E-state index < -0.39 is 5.54 Å². The van der Waals surface area contributed by atoms with E-state index in [1.54, 1.807) is 34.0 Å². The van der Waals surface area contributed by atoms with Crippen LogP contribution >= 0.6 is 45.3 Å². The number of carbonyl (C=O) groups excluding carboxylic acids is 2. The van der Waals surface area contributed by atoms with Crippen molar-refractivity contribution in [3.05, 3.63) is 90.6 Å². The number of nitrogens with two attached hydrogens (primary N) is 2. The molecule has 6 nitrogen and oxygen atoms in total. The molecule has 4 N–H and O–H groups in total.